The molecule has 31 heavy (non-hydrogen) atoms. The second-order valence-corrected chi connectivity index (χ2v) is 7.53. The van der Waals surface area contributed by atoms with Crippen molar-refractivity contribution in [2.45, 2.75) is 20.4 Å². The molecule has 1 aliphatic rings. The second-order valence-electron chi connectivity index (χ2n) is 7.53. The number of nitrogens with one attached hydrogen (secondary N) is 1. The van der Waals surface area contributed by atoms with Gasteiger partial charge in [-0.3, -0.25) is 14.5 Å². The summed E-state index contributed by atoms with van der Waals surface area (Å²) in [5, 5.41) is 3.26. The van der Waals surface area contributed by atoms with Crippen LogP contribution >= 0.6 is 0 Å². The van der Waals surface area contributed by atoms with Gasteiger partial charge in [0.1, 0.15) is 11.4 Å². The van der Waals surface area contributed by atoms with E-state index in [-0.39, 0.29) is 18.4 Å². The minimum Gasteiger partial charge on any atom is -0.497 e. The van der Waals surface area contributed by atoms with Crippen LogP contribution in [-0.4, -0.2) is 23.8 Å². The van der Waals surface area contributed by atoms with Crippen molar-refractivity contribution in [2.75, 3.05) is 12.4 Å². The van der Waals surface area contributed by atoms with Crippen LogP contribution in [0, 0.1) is 13.8 Å². The number of anilines is 1. The van der Waals surface area contributed by atoms with Crippen molar-refractivity contribution in [3.8, 4) is 5.75 Å². The number of imide groups is 1. The molecule has 0 aromatic heterocycles. The van der Waals surface area contributed by atoms with Crippen LogP contribution in [0.15, 0.2) is 78.5 Å². The highest BCUT2D eigenvalue weighted by molar-refractivity contribution is 6.36. The highest BCUT2D eigenvalue weighted by atomic mass is 16.5. The van der Waals surface area contributed by atoms with E-state index in [1.54, 1.807) is 31.4 Å². The maximum Gasteiger partial charge on any atom is 0.278 e. The number of hydrogen-bond acceptors (Lipinski definition) is 4. The summed E-state index contributed by atoms with van der Waals surface area (Å²) < 4.78 is 5.24. The number of carbonyl (C=O) groups is 2. The highest BCUT2D eigenvalue weighted by Gasteiger charge is 2.39. The first-order valence-corrected chi connectivity index (χ1v) is 10.1. The first-order chi connectivity index (χ1) is 15.0. The lowest BCUT2D eigenvalue weighted by Crippen LogP contribution is -2.32. The van der Waals surface area contributed by atoms with Crippen LogP contribution in [0.25, 0.3) is 5.57 Å². The van der Waals surface area contributed by atoms with Gasteiger partial charge in [0.05, 0.1) is 19.2 Å². The van der Waals surface area contributed by atoms with E-state index in [0.717, 1.165) is 22.4 Å². The Labute approximate surface area is 182 Å². The SMILES string of the molecule is COc1ccc(C2=C(Nc3cccc(C)c3C)C(=O)N(Cc3ccccc3)C2=O)cc1. The first-order valence-electron chi connectivity index (χ1n) is 10.1. The Hall–Kier alpha value is -3.86. The summed E-state index contributed by atoms with van der Waals surface area (Å²) >= 11 is 0. The lowest BCUT2D eigenvalue weighted by Gasteiger charge is -2.16. The number of aryl methyl sites for hydroxylation is 1. The van der Waals surface area contributed by atoms with Crippen LogP contribution in [0.3, 0.4) is 0 Å². The van der Waals surface area contributed by atoms with E-state index in [2.05, 4.69) is 5.32 Å². The number of benzene rings is 3. The Bertz CT molecular complexity index is 1170. The van der Waals surface area contributed by atoms with Crippen LogP contribution in [0.5, 0.6) is 5.75 Å². The van der Waals surface area contributed by atoms with Gasteiger partial charge in [0.2, 0.25) is 0 Å². The monoisotopic (exact) mass is 412 g/mol. The molecule has 0 saturated carbocycles. The van der Waals surface area contributed by atoms with E-state index < -0.39 is 0 Å². The van der Waals surface area contributed by atoms with Gasteiger partial charge in [0.15, 0.2) is 0 Å². The zero-order valence-electron chi connectivity index (χ0n) is 17.8. The van der Waals surface area contributed by atoms with Crippen molar-refractivity contribution in [3.63, 3.8) is 0 Å². The average molecular weight is 412 g/mol. The van der Waals surface area contributed by atoms with Crippen LogP contribution in [-0.2, 0) is 16.1 Å². The predicted octanol–water partition coefficient (Wildman–Crippen LogP) is 4.70. The normalized spacial score (nSPS) is 13.7. The molecular weight excluding hydrogens is 388 g/mol. The quantitative estimate of drug-likeness (QED) is 0.596. The van der Waals surface area contributed by atoms with Crippen LogP contribution in [0.1, 0.15) is 22.3 Å². The Morgan fingerprint density at radius 3 is 2.23 bits per heavy atom. The fourth-order valence-corrected chi connectivity index (χ4v) is 3.65. The first kappa shape index (κ1) is 20.4. The van der Waals surface area contributed by atoms with Crippen LogP contribution < -0.4 is 10.1 Å². The summed E-state index contributed by atoms with van der Waals surface area (Å²) in [4.78, 5) is 28.1. The average Bonchev–Trinajstić information content (AvgIpc) is 3.02. The van der Waals surface area contributed by atoms with Gasteiger partial charge in [-0.2, -0.15) is 0 Å². The standard InChI is InChI=1S/C26H24N2O3/c1-17-8-7-11-22(18(17)2)27-24-23(20-12-14-21(31-3)15-13-20)25(29)28(26(24)30)16-19-9-5-4-6-10-19/h4-15,27H,16H2,1-3H3. The van der Waals surface area contributed by atoms with Crippen molar-refractivity contribution < 1.29 is 14.3 Å². The fraction of sp³-hybridized carbons (Fsp3) is 0.154. The molecule has 0 saturated heterocycles. The number of nitrogens with zero attached hydrogens (tertiary/aromatic N) is 1. The lowest BCUT2D eigenvalue weighted by molar-refractivity contribution is -0.137. The van der Waals surface area contributed by atoms with Gasteiger partial charge < -0.3 is 10.1 Å². The van der Waals surface area contributed by atoms with Gasteiger partial charge in [0.25, 0.3) is 11.8 Å². The van der Waals surface area contributed by atoms with E-state index in [9.17, 15) is 9.59 Å². The number of hydrogen-bond donors (Lipinski definition) is 1. The van der Waals surface area contributed by atoms with Crippen molar-refractivity contribution in [2.24, 2.45) is 0 Å². The molecule has 5 nitrogen and oxygen atoms in total. The highest BCUT2D eigenvalue weighted by Crippen LogP contribution is 2.33. The molecule has 1 heterocycles. The smallest absolute Gasteiger partial charge is 0.278 e. The predicted molar refractivity (Wildman–Crippen MR) is 121 cm³/mol. The summed E-state index contributed by atoms with van der Waals surface area (Å²) in [6.07, 6.45) is 0. The molecule has 1 aliphatic heterocycles. The zero-order valence-corrected chi connectivity index (χ0v) is 17.8. The van der Waals surface area contributed by atoms with E-state index in [1.165, 1.54) is 4.90 Å². The van der Waals surface area contributed by atoms with E-state index in [1.807, 2.05) is 62.4 Å². The van der Waals surface area contributed by atoms with Crippen LogP contribution in [0.2, 0.25) is 0 Å². The number of carbonyl (C=O) groups excluding carboxylic acids is 2. The molecule has 0 atom stereocenters. The minimum absolute atomic E-state index is 0.218. The fourth-order valence-electron chi connectivity index (χ4n) is 3.65. The van der Waals surface area contributed by atoms with Gasteiger partial charge in [-0.1, -0.05) is 54.6 Å². The molecule has 0 unspecified atom stereocenters. The topological polar surface area (TPSA) is 58.6 Å². The molecule has 0 fully saturated rings. The van der Waals surface area contributed by atoms with Gasteiger partial charge in [-0.25, -0.2) is 0 Å². The summed E-state index contributed by atoms with van der Waals surface area (Å²) in [5.41, 5.74) is 5.17. The number of ether oxygens (including phenoxy) is 1. The number of methoxy groups -OCH3 is 1. The summed E-state index contributed by atoms with van der Waals surface area (Å²) in [7, 11) is 1.59. The summed E-state index contributed by atoms with van der Waals surface area (Å²) in [6.45, 7) is 4.23. The van der Waals surface area contributed by atoms with E-state index in [0.29, 0.717) is 22.6 Å². The number of rotatable bonds is 6. The Kier molecular flexibility index (Phi) is 5.58. The Morgan fingerprint density at radius 2 is 1.55 bits per heavy atom. The molecular formula is C26H24N2O3. The maximum atomic E-state index is 13.4. The summed E-state index contributed by atoms with van der Waals surface area (Å²) in [5.74, 6) is 0.0405. The van der Waals surface area contributed by atoms with Crippen molar-refractivity contribution in [1.82, 2.24) is 4.90 Å². The molecule has 156 valence electrons. The van der Waals surface area contributed by atoms with Crippen molar-refractivity contribution in [1.29, 1.82) is 0 Å². The van der Waals surface area contributed by atoms with E-state index >= 15 is 0 Å². The molecule has 2 amide bonds. The summed E-state index contributed by atoms with van der Waals surface area (Å²) in [6, 6.07) is 22.6. The van der Waals surface area contributed by atoms with Crippen LogP contribution in [0.4, 0.5) is 5.69 Å². The third-order valence-corrected chi connectivity index (χ3v) is 5.59. The molecule has 3 aromatic carbocycles. The van der Waals surface area contributed by atoms with Gasteiger partial charge >= 0.3 is 0 Å². The lowest BCUT2D eigenvalue weighted by atomic mass is 10.0. The van der Waals surface area contributed by atoms with Gasteiger partial charge in [-0.05, 0) is 54.3 Å². The molecule has 0 spiro atoms. The Balaban J connectivity index is 1.77. The molecule has 5 heteroatoms. The second kappa shape index (κ2) is 8.48. The third kappa shape index (κ3) is 3.94. The third-order valence-electron chi connectivity index (χ3n) is 5.59. The van der Waals surface area contributed by atoms with Gasteiger partial charge in [0, 0.05) is 5.69 Å². The largest absolute Gasteiger partial charge is 0.497 e. The molecule has 0 radical (unpaired) electrons. The maximum absolute atomic E-state index is 13.4. The van der Waals surface area contributed by atoms with Crippen molar-refractivity contribution >= 4 is 23.1 Å². The minimum atomic E-state index is -0.333. The van der Waals surface area contributed by atoms with Gasteiger partial charge in [-0.15, -0.1) is 0 Å². The Morgan fingerprint density at radius 1 is 0.839 bits per heavy atom. The molecule has 4 rings (SSSR count). The molecule has 3 aromatic rings. The molecule has 0 bridgehead atoms. The zero-order chi connectivity index (χ0) is 22.0. The molecule has 0 aliphatic carbocycles. The van der Waals surface area contributed by atoms with E-state index in [4.69, 9.17) is 4.74 Å². The van der Waals surface area contributed by atoms with Crippen molar-refractivity contribution in [3.05, 3.63) is 101 Å². The number of amides is 2. The molecule has 1 N–H and O–H groups in total.